The van der Waals surface area contributed by atoms with E-state index < -0.39 is 0 Å². The molecule has 7 heteroatoms. The summed E-state index contributed by atoms with van der Waals surface area (Å²) < 4.78 is 1.75. The molecule has 0 saturated carbocycles. The number of H-pyrrole nitrogens is 1. The third-order valence-electron chi connectivity index (χ3n) is 4.73. The second-order valence-electron chi connectivity index (χ2n) is 6.40. The number of aromatic amines is 1. The Balaban J connectivity index is 1.36. The lowest BCUT2D eigenvalue weighted by Crippen LogP contribution is -2.27. The number of carbonyl (C=O) groups excluding carboxylic acids is 2. The molecular weight excluding hydrogens is 480 g/mol. The fourth-order valence-electron chi connectivity index (χ4n) is 3.52. The molecule has 3 aromatic rings. The average Bonchev–Trinajstić information content (AvgIpc) is 3.24. The number of aryl methyl sites for hydroxylation is 1. The Morgan fingerprint density at radius 1 is 1.27 bits per heavy atom. The minimum atomic E-state index is -0.227. The molecule has 0 aliphatic heterocycles. The predicted molar refractivity (Wildman–Crippen MR) is 111 cm³/mol. The largest absolute Gasteiger partial charge is 0.361 e. The lowest BCUT2D eigenvalue weighted by atomic mass is 10.1. The van der Waals surface area contributed by atoms with Crippen LogP contribution in [-0.4, -0.2) is 16.7 Å². The van der Waals surface area contributed by atoms with Gasteiger partial charge in [0.1, 0.15) is 0 Å². The highest BCUT2D eigenvalue weighted by molar-refractivity contribution is 9.12. The van der Waals surface area contributed by atoms with E-state index in [1.807, 2.05) is 18.3 Å². The summed E-state index contributed by atoms with van der Waals surface area (Å²) in [5.74, 6) is 0.0719. The first-order chi connectivity index (χ1) is 12.5. The van der Waals surface area contributed by atoms with Gasteiger partial charge in [-0.25, -0.2) is 0 Å². The molecule has 4 nitrogen and oxygen atoms in total. The molecule has 0 spiro atoms. The summed E-state index contributed by atoms with van der Waals surface area (Å²) in [5.41, 5.74) is 3.98. The molecule has 0 radical (unpaired) electrons. The molecule has 4 rings (SSSR count). The molecule has 1 atom stereocenters. The van der Waals surface area contributed by atoms with Crippen molar-refractivity contribution < 1.29 is 9.59 Å². The number of thiophene rings is 1. The molecule has 0 saturated heterocycles. The molecular formula is C19H16Br2N2O2S. The molecule has 2 aromatic heterocycles. The second kappa shape index (κ2) is 7.29. The summed E-state index contributed by atoms with van der Waals surface area (Å²) in [7, 11) is 0. The van der Waals surface area contributed by atoms with E-state index >= 15 is 0 Å². The van der Waals surface area contributed by atoms with Crippen LogP contribution in [0.3, 0.4) is 0 Å². The van der Waals surface area contributed by atoms with Gasteiger partial charge in [0.15, 0.2) is 5.78 Å². The Labute approximate surface area is 171 Å². The number of nitrogens with one attached hydrogen (secondary N) is 2. The highest BCUT2D eigenvalue weighted by Crippen LogP contribution is 2.46. The maximum absolute atomic E-state index is 12.4. The Bertz CT molecular complexity index is 1010. The summed E-state index contributed by atoms with van der Waals surface area (Å²) in [6.45, 7) is 0. The van der Waals surface area contributed by atoms with Crippen LogP contribution >= 0.6 is 43.2 Å². The van der Waals surface area contributed by atoms with Gasteiger partial charge in [0.25, 0.3) is 0 Å². The fourth-order valence-corrected chi connectivity index (χ4v) is 6.89. The van der Waals surface area contributed by atoms with Crippen molar-refractivity contribution in [1.29, 1.82) is 0 Å². The van der Waals surface area contributed by atoms with Crippen LogP contribution in [0.5, 0.6) is 0 Å². The number of Topliss-reactive ketones (excluding diaryl/α,β-unsaturated/α-hetero) is 1. The molecule has 1 aromatic carbocycles. The molecule has 1 aliphatic carbocycles. The molecule has 0 bridgehead atoms. The normalized spacial score (nSPS) is 16.2. The molecule has 1 aliphatic rings. The number of hydrogen-bond donors (Lipinski definition) is 2. The van der Waals surface area contributed by atoms with Gasteiger partial charge in [-0.15, -0.1) is 11.3 Å². The summed E-state index contributed by atoms with van der Waals surface area (Å²) in [6, 6.07) is 7.96. The molecule has 0 fully saturated rings. The van der Waals surface area contributed by atoms with Crippen LogP contribution in [0.2, 0.25) is 0 Å². The summed E-state index contributed by atoms with van der Waals surface area (Å²) in [5, 5.41) is 4.24. The van der Waals surface area contributed by atoms with Gasteiger partial charge in [0.05, 0.1) is 13.6 Å². The van der Waals surface area contributed by atoms with E-state index in [2.05, 4.69) is 54.3 Å². The van der Waals surface area contributed by atoms with E-state index in [4.69, 9.17) is 0 Å². The van der Waals surface area contributed by atoms with Gasteiger partial charge in [-0.2, -0.15) is 0 Å². The summed E-state index contributed by atoms with van der Waals surface area (Å²) in [4.78, 5) is 27.8. The Hall–Kier alpha value is -1.44. The Morgan fingerprint density at radius 3 is 2.92 bits per heavy atom. The molecule has 2 N–H and O–H groups in total. The van der Waals surface area contributed by atoms with Crippen molar-refractivity contribution in [3.63, 3.8) is 0 Å². The van der Waals surface area contributed by atoms with Crippen molar-refractivity contribution in [2.24, 2.45) is 0 Å². The van der Waals surface area contributed by atoms with Crippen LogP contribution in [0.1, 0.15) is 46.8 Å². The van der Waals surface area contributed by atoms with Crippen LogP contribution in [-0.2, 0) is 11.2 Å². The lowest BCUT2D eigenvalue weighted by molar-refractivity contribution is -0.121. The first-order valence-electron chi connectivity index (χ1n) is 8.40. The van der Waals surface area contributed by atoms with Gasteiger partial charge in [0.2, 0.25) is 5.91 Å². The van der Waals surface area contributed by atoms with Crippen molar-refractivity contribution in [1.82, 2.24) is 10.3 Å². The topological polar surface area (TPSA) is 62.0 Å². The zero-order chi connectivity index (χ0) is 18.3. The zero-order valence-corrected chi connectivity index (χ0v) is 17.8. The van der Waals surface area contributed by atoms with Crippen LogP contribution in [0, 0.1) is 0 Å². The number of aromatic nitrogens is 1. The fraction of sp³-hybridized carbons (Fsp3) is 0.263. The predicted octanol–water partition coefficient (Wildman–Crippen LogP) is 5.52. The van der Waals surface area contributed by atoms with Crippen LogP contribution in [0.15, 0.2) is 38.0 Å². The van der Waals surface area contributed by atoms with Gasteiger partial charge < -0.3 is 10.3 Å². The van der Waals surface area contributed by atoms with Crippen molar-refractivity contribution in [2.45, 2.75) is 31.7 Å². The Morgan fingerprint density at radius 2 is 2.08 bits per heavy atom. The number of para-hydroxylation sites is 1. The number of amides is 1. The van der Waals surface area contributed by atoms with E-state index in [1.54, 1.807) is 0 Å². The second-order valence-corrected chi connectivity index (χ2v) is 10.1. The number of benzene rings is 1. The van der Waals surface area contributed by atoms with Crippen molar-refractivity contribution in [2.75, 3.05) is 0 Å². The zero-order valence-electron chi connectivity index (χ0n) is 13.8. The van der Waals surface area contributed by atoms with Crippen LogP contribution in [0.4, 0.5) is 0 Å². The highest BCUT2D eigenvalue weighted by Gasteiger charge is 2.36. The van der Waals surface area contributed by atoms with Gasteiger partial charge in [-0.3, -0.25) is 9.59 Å². The minimum Gasteiger partial charge on any atom is -0.361 e. The first kappa shape index (κ1) is 17.9. The molecule has 26 heavy (non-hydrogen) atoms. The summed E-state index contributed by atoms with van der Waals surface area (Å²) in [6.07, 6.45) is 4.42. The van der Waals surface area contributed by atoms with Crippen molar-refractivity contribution in [3.8, 4) is 0 Å². The van der Waals surface area contributed by atoms with Crippen molar-refractivity contribution >= 4 is 65.8 Å². The molecule has 1 amide bonds. The number of halogens is 2. The van der Waals surface area contributed by atoms with Gasteiger partial charge in [-0.1, -0.05) is 18.2 Å². The van der Waals surface area contributed by atoms with E-state index in [-0.39, 0.29) is 17.7 Å². The van der Waals surface area contributed by atoms with Gasteiger partial charge in [0, 0.05) is 41.1 Å². The van der Waals surface area contributed by atoms with Crippen molar-refractivity contribution in [3.05, 3.63) is 54.7 Å². The van der Waals surface area contributed by atoms with E-state index in [0.29, 0.717) is 18.4 Å². The quantitative estimate of drug-likeness (QED) is 0.489. The number of hydrogen-bond acceptors (Lipinski definition) is 3. The van der Waals surface area contributed by atoms with E-state index in [1.165, 1.54) is 22.3 Å². The minimum absolute atomic E-state index is 0.00952. The maximum atomic E-state index is 12.4. The third-order valence-corrected chi connectivity index (χ3v) is 7.31. The van der Waals surface area contributed by atoms with Crippen LogP contribution < -0.4 is 5.32 Å². The number of ketones is 1. The standard InChI is InChI=1S/C19H16Br2N2O2S/c20-18-16-13(8-14(24)17(16)19(21)26-18)23-15(25)7-3-4-10-9-22-12-6-2-1-5-11(10)12/h1-2,5-6,9,13,22H,3-4,7-8H2,(H,23,25). The monoisotopic (exact) mass is 494 g/mol. The number of fused-ring (bicyclic) bond motifs is 2. The SMILES string of the molecule is O=C(CCCc1c[nH]c2ccccc12)NC1CC(=O)c2c(Br)sc(Br)c21. The number of rotatable bonds is 5. The maximum Gasteiger partial charge on any atom is 0.220 e. The first-order valence-corrected chi connectivity index (χ1v) is 10.8. The molecule has 2 heterocycles. The van der Waals surface area contributed by atoms with Gasteiger partial charge in [-0.05, 0) is 56.3 Å². The third kappa shape index (κ3) is 3.28. The Kier molecular flexibility index (Phi) is 5.03. The van der Waals surface area contributed by atoms with E-state index in [9.17, 15) is 9.59 Å². The van der Waals surface area contributed by atoms with E-state index in [0.717, 1.165) is 31.5 Å². The summed E-state index contributed by atoms with van der Waals surface area (Å²) >= 11 is 8.43. The highest BCUT2D eigenvalue weighted by atomic mass is 79.9. The smallest absolute Gasteiger partial charge is 0.220 e. The lowest BCUT2D eigenvalue weighted by Gasteiger charge is -2.13. The molecule has 1 unspecified atom stereocenters. The number of carbonyl (C=O) groups is 2. The van der Waals surface area contributed by atoms with Crippen LogP contribution in [0.25, 0.3) is 10.9 Å². The molecule has 134 valence electrons. The van der Waals surface area contributed by atoms with Gasteiger partial charge >= 0.3 is 0 Å². The average molecular weight is 496 g/mol.